The van der Waals surface area contributed by atoms with Crippen LogP contribution >= 0.6 is 11.8 Å². The van der Waals surface area contributed by atoms with Gasteiger partial charge in [-0.15, -0.1) is 0 Å². The Balaban J connectivity index is 2.49. The first-order chi connectivity index (χ1) is 6.09. The third-order valence-electron chi connectivity index (χ3n) is 2.02. The first kappa shape index (κ1) is 11.3. The van der Waals surface area contributed by atoms with Gasteiger partial charge in [-0.25, -0.2) is 0 Å². The molecule has 0 spiro atoms. The molecular formula is C9H19NO2S. The van der Waals surface area contributed by atoms with Crippen LogP contribution in [0.2, 0.25) is 0 Å². The Hall–Kier alpha value is 0.230. The molecule has 1 heterocycles. The average molecular weight is 205 g/mol. The molecule has 1 aliphatic rings. The molecule has 13 heavy (non-hydrogen) atoms. The molecule has 0 radical (unpaired) electrons. The molecule has 0 bridgehead atoms. The maximum Gasteiger partial charge on any atom is 0.163 e. The van der Waals surface area contributed by atoms with Crippen LogP contribution in [0.25, 0.3) is 0 Å². The summed E-state index contributed by atoms with van der Waals surface area (Å²) in [5.74, 6) is 0.581. The fraction of sp³-hybridized carbons (Fsp3) is 1.00. The smallest absolute Gasteiger partial charge is 0.163 e. The van der Waals surface area contributed by atoms with E-state index in [2.05, 4.69) is 11.6 Å². The van der Waals surface area contributed by atoms with Crippen molar-refractivity contribution < 1.29 is 9.47 Å². The molecule has 3 nitrogen and oxygen atoms in total. The molecule has 0 unspecified atom stereocenters. The van der Waals surface area contributed by atoms with E-state index < -0.39 is 5.79 Å². The van der Waals surface area contributed by atoms with Crippen molar-refractivity contribution in [2.45, 2.75) is 31.8 Å². The van der Waals surface area contributed by atoms with E-state index in [1.807, 2.05) is 20.9 Å². The average Bonchev–Trinajstić information content (AvgIpc) is 2.28. The zero-order valence-corrected chi connectivity index (χ0v) is 9.61. The number of hydrogen-bond acceptors (Lipinski definition) is 4. The quantitative estimate of drug-likeness (QED) is 0.744. The van der Waals surface area contributed by atoms with Crippen molar-refractivity contribution in [3.8, 4) is 0 Å². The Bertz CT molecular complexity index is 148. The second-order valence-electron chi connectivity index (χ2n) is 3.73. The molecule has 1 rings (SSSR count). The van der Waals surface area contributed by atoms with Gasteiger partial charge < -0.3 is 14.8 Å². The Morgan fingerprint density at radius 2 is 1.92 bits per heavy atom. The van der Waals surface area contributed by atoms with Gasteiger partial charge in [0, 0.05) is 12.3 Å². The highest BCUT2D eigenvalue weighted by atomic mass is 32.2. The van der Waals surface area contributed by atoms with Crippen molar-refractivity contribution in [1.82, 2.24) is 5.32 Å². The summed E-state index contributed by atoms with van der Waals surface area (Å²) >= 11 is 1.80. The predicted octanol–water partition coefficient (Wildman–Crippen LogP) is 1.09. The van der Waals surface area contributed by atoms with Crippen LogP contribution in [0.5, 0.6) is 0 Å². The molecule has 2 atom stereocenters. The molecule has 0 aromatic heterocycles. The lowest BCUT2D eigenvalue weighted by Crippen LogP contribution is -2.34. The largest absolute Gasteiger partial charge is 0.344 e. The van der Waals surface area contributed by atoms with Crippen LogP contribution in [-0.2, 0) is 9.47 Å². The van der Waals surface area contributed by atoms with Crippen molar-refractivity contribution in [3.63, 3.8) is 0 Å². The highest BCUT2D eigenvalue weighted by Crippen LogP contribution is 2.29. The predicted molar refractivity (Wildman–Crippen MR) is 56.1 cm³/mol. The lowest BCUT2D eigenvalue weighted by molar-refractivity contribution is -0.144. The third kappa shape index (κ3) is 3.13. The van der Waals surface area contributed by atoms with Gasteiger partial charge in [0.25, 0.3) is 0 Å². The summed E-state index contributed by atoms with van der Waals surface area (Å²) in [6.45, 7) is 4.79. The second kappa shape index (κ2) is 4.64. The van der Waals surface area contributed by atoms with Crippen LogP contribution in [0.3, 0.4) is 0 Å². The molecule has 1 fully saturated rings. The van der Waals surface area contributed by atoms with Gasteiger partial charge in [-0.05, 0) is 27.2 Å². The van der Waals surface area contributed by atoms with Crippen LogP contribution in [-0.4, -0.2) is 43.6 Å². The molecule has 78 valence electrons. The molecule has 0 saturated carbocycles. The van der Waals surface area contributed by atoms with Gasteiger partial charge >= 0.3 is 0 Å². The van der Waals surface area contributed by atoms with Gasteiger partial charge in [0.2, 0.25) is 0 Å². The van der Waals surface area contributed by atoms with Gasteiger partial charge in [0.1, 0.15) is 6.10 Å². The van der Waals surface area contributed by atoms with E-state index in [0.29, 0.717) is 0 Å². The molecule has 0 aromatic rings. The third-order valence-corrected chi connectivity index (χ3v) is 2.68. The normalized spacial score (nSPS) is 32.3. The minimum absolute atomic E-state index is 0.187. The number of ether oxygens (including phenoxy) is 2. The van der Waals surface area contributed by atoms with Crippen molar-refractivity contribution in [2.24, 2.45) is 0 Å². The standard InChI is InChI=1S/C9H19NO2S/c1-9(2)11-7(5-10-3)8(12-9)6-13-4/h7-8,10H,5-6H2,1-4H3/t7-,8-/m0/s1. The fourth-order valence-electron chi connectivity index (χ4n) is 1.59. The van der Waals surface area contributed by atoms with E-state index >= 15 is 0 Å². The number of likely N-dealkylation sites (N-methyl/N-ethyl adjacent to an activating group) is 1. The van der Waals surface area contributed by atoms with Crippen LogP contribution in [0.4, 0.5) is 0 Å². The van der Waals surface area contributed by atoms with E-state index in [1.54, 1.807) is 11.8 Å². The molecule has 0 amide bonds. The summed E-state index contributed by atoms with van der Waals surface area (Å²) in [5, 5.41) is 3.12. The van der Waals surface area contributed by atoms with Gasteiger partial charge in [0.15, 0.2) is 5.79 Å². The highest BCUT2D eigenvalue weighted by Gasteiger charge is 2.40. The molecular weight excluding hydrogens is 186 g/mol. The maximum atomic E-state index is 5.77. The van der Waals surface area contributed by atoms with Crippen molar-refractivity contribution in [2.75, 3.05) is 25.6 Å². The van der Waals surface area contributed by atoms with E-state index in [4.69, 9.17) is 9.47 Å². The van der Waals surface area contributed by atoms with Crippen LogP contribution < -0.4 is 5.32 Å². The van der Waals surface area contributed by atoms with Crippen molar-refractivity contribution >= 4 is 11.8 Å². The molecule has 1 saturated heterocycles. The minimum atomic E-state index is -0.415. The summed E-state index contributed by atoms with van der Waals surface area (Å²) in [7, 11) is 1.94. The topological polar surface area (TPSA) is 30.5 Å². The molecule has 4 heteroatoms. The van der Waals surface area contributed by atoms with Gasteiger partial charge in [-0.3, -0.25) is 0 Å². The lowest BCUT2D eigenvalue weighted by Gasteiger charge is -2.16. The van der Waals surface area contributed by atoms with Crippen molar-refractivity contribution in [1.29, 1.82) is 0 Å². The first-order valence-corrected chi connectivity index (χ1v) is 5.97. The maximum absolute atomic E-state index is 5.77. The van der Waals surface area contributed by atoms with E-state index in [1.165, 1.54) is 0 Å². The number of hydrogen-bond donors (Lipinski definition) is 1. The summed E-state index contributed by atoms with van der Waals surface area (Å²) in [5.41, 5.74) is 0. The SMILES string of the molecule is CNC[C@@H]1OC(C)(C)O[C@H]1CSC. The lowest BCUT2D eigenvalue weighted by atomic mass is 10.2. The van der Waals surface area contributed by atoms with Gasteiger partial charge in [-0.1, -0.05) is 0 Å². The molecule has 0 aliphatic carbocycles. The monoisotopic (exact) mass is 205 g/mol. The summed E-state index contributed by atoms with van der Waals surface area (Å²) in [6.07, 6.45) is 2.50. The number of nitrogens with one attached hydrogen (secondary N) is 1. The molecule has 1 N–H and O–H groups in total. The molecule has 0 aromatic carbocycles. The van der Waals surface area contributed by atoms with E-state index in [9.17, 15) is 0 Å². The highest BCUT2D eigenvalue weighted by molar-refractivity contribution is 7.98. The minimum Gasteiger partial charge on any atom is -0.344 e. The van der Waals surface area contributed by atoms with E-state index in [-0.39, 0.29) is 12.2 Å². The zero-order valence-electron chi connectivity index (χ0n) is 8.79. The zero-order chi connectivity index (χ0) is 9.90. The van der Waals surface area contributed by atoms with Gasteiger partial charge in [-0.2, -0.15) is 11.8 Å². The Morgan fingerprint density at radius 1 is 1.31 bits per heavy atom. The second-order valence-corrected chi connectivity index (χ2v) is 4.64. The Labute approximate surface area is 84.6 Å². The summed E-state index contributed by atoms with van der Waals surface area (Å²) in [6, 6.07) is 0. The first-order valence-electron chi connectivity index (χ1n) is 4.58. The fourth-order valence-corrected chi connectivity index (χ4v) is 2.20. The van der Waals surface area contributed by atoms with Crippen molar-refractivity contribution in [3.05, 3.63) is 0 Å². The van der Waals surface area contributed by atoms with Crippen LogP contribution in [0.1, 0.15) is 13.8 Å². The van der Waals surface area contributed by atoms with Crippen LogP contribution in [0, 0.1) is 0 Å². The summed E-state index contributed by atoms with van der Waals surface area (Å²) < 4.78 is 11.5. The number of thioether (sulfide) groups is 1. The Morgan fingerprint density at radius 3 is 2.46 bits per heavy atom. The van der Waals surface area contributed by atoms with Crippen LogP contribution in [0.15, 0.2) is 0 Å². The summed E-state index contributed by atoms with van der Waals surface area (Å²) in [4.78, 5) is 0. The molecule has 1 aliphatic heterocycles. The Kier molecular flexibility index (Phi) is 4.04. The van der Waals surface area contributed by atoms with Gasteiger partial charge in [0.05, 0.1) is 6.10 Å². The number of rotatable bonds is 4. The van der Waals surface area contributed by atoms with E-state index in [0.717, 1.165) is 12.3 Å².